The minimum atomic E-state index is -4.70. The molecule has 21 heavy (non-hydrogen) atoms. The van der Waals surface area contributed by atoms with Crippen LogP contribution in [0, 0.1) is 5.82 Å². The van der Waals surface area contributed by atoms with Crippen molar-refractivity contribution in [3.05, 3.63) is 57.8 Å². The second-order valence-electron chi connectivity index (χ2n) is 4.04. The van der Waals surface area contributed by atoms with Crippen molar-refractivity contribution in [2.75, 3.05) is 0 Å². The highest BCUT2D eigenvalue weighted by Crippen LogP contribution is 2.35. The van der Waals surface area contributed by atoms with Gasteiger partial charge in [-0.3, -0.25) is 4.79 Å². The molecule has 0 radical (unpaired) electrons. The van der Waals surface area contributed by atoms with E-state index in [0.717, 1.165) is 12.1 Å². The van der Waals surface area contributed by atoms with Crippen LogP contribution in [0.4, 0.5) is 17.6 Å². The summed E-state index contributed by atoms with van der Waals surface area (Å²) in [5.41, 5.74) is -1.64. The van der Waals surface area contributed by atoms with Crippen LogP contribution in [-0.2, 0) is 6.18 Å². The number of halogens is 5. The van der Waals surface area contributed by atoms with Crippen LogP contribution in [0.1, 0.15) is 15.9 Å². The highest BCUT2D eigenvalue weighted by Gasteiger charge is 2.33. The number of hydrogen-bond acceptors (Lipinski definition) is 2. The summed E-state index contributed by atoms with van der Waals surface area (Å²) in [5.74, 6) is -1.16. The van der Waals surface area contributed by atoms with Crippen molar-refractivity contribution in [2.24, 2.45) is 0 Å². The van der Waals surface area contributed by atoms with E-state index < -0.39 is 23.1 Å². The van der Waals surface area contributed by atoms with Crippen LogP contribution in [0.5, 0.6) is 11.5 Å². The Morgan fingerprint density at radius 3 is 2.43 bits per heavy atom. The summed E-state index contributed by atoms with van der Waals surface area (Å²) in [4.78, 5) is 10.6. The largest absolute Gasteiger partial charge is 0.454 e. The molecule has 0 fully saturated rings. The van der Waals surface area contributed by atoms with Gasteiger partial charge in [0.1, 0.15) is 5.75 Å². The predicted molar refractivity (Wildman–Crippen MR) is 71.0 cm³/mol. The number of alkyl halides is 3. The molecule has 0 amide bonds. The lowest BCUT2D eigenvalue weighted by Crippen LogP contribution is -2.09. The van der Waals surface area contributed by atoms with E-state index in [1.165, 1.54) is 18.2 Å². The minimum absolute atomic E-state index is 0.103. The third-order valence-electron chi connectivity index (χ3n) is 2.58. The summed E-state index contributed by atoms with van der Waals surface area (Å²) in [6, 6.07) is 6.63. The maximum atomic E-state index is 13.5. The van der Waals surface area contributed by atoms with E-state index in [2.05, 4.69) is 15.9 Å². The monoisotopic (exact) mass is 362 g/mol. The van der Waals surface area contributed by atoms with Crippen molar-refractivity contribution in [1.82, 2.24) is 0 Å². The Hall–Kier alpha value is -1.89. The average molecular weight is 363 g/mol. The van der Waals surface area contributed by atoms with Crippen molar-refractivity contribution in [2.45, 2.75) is 6.18 Å². The predicted octanol–water partition coefficient (Wildman–Crippen LogP) is 5.21. The van der Waals surface area contributed by atoms with Crippen LogP contribution in [0.25, 0.3) is 0 Å². The Morgan fingerprint density at radius 2 is 1.81 bits per heavy atom. The van der Waals surface area contributed by atoms with Crippen LogP contribution in [0.15, 0.2) is 40.9 Å². The third kappa shape index (κ3) is 3.60. The van der Waals surface area contributed by atoms with Crippen molar-refractivity contribution in [3.63, 3.8) is 0 Å². The number of aldehydes is 1. The number of carbonyl (C=O) groups excluding carboxylic acids is 1. The summed E-state index contributed by atoms with van der Waals surface area (Å²) < 4.78 is 57.5. The second-order valence-corrected chi connectivity index (χ2v) is 4.96. The van der Waals surface area contributed by atoms with Gasteiger partial charge in [-0.1, -0.05) is 15.9 Å². The zero-order valence-corrected chi connectivity index (χ0v) is 11.8. The SMILES string of the molecule is O=Cc1ccc(Oc2cc(Br)ccc2F)cc1C(F)(F)F. The molecule has 0 heterocycles. The van der Waals surface area contributed by atoms with Crippen LogP contribution >= 0.6 is 15.9 Å². The van der Waals surface area contributed by atoms with Crippen LogP contribution in [-0.4, -0.2) is 6.29 Å². The van der Waals surface area contributed by atoms with Crippen molar-refractivity contribution >= 4 is 22.2 Å². The highest BCUT2D eigenvalue weighted by atomic mass is 79.9. The number of hydrogen-bond donors (Lipinski definition) is 0. The Morgan fingerprint density at radius 1 is 1.10 bits per heavy atom. The zero-order chi connectivity index (χ0) is 15.6. The summed E-state index contributed by atoms with van der Waals surface area (Å²) in [6.45, 7) is 0. The maximum Gasteiger partial charge on any atom is 0.417 e. The molecule has 0 aromatic heterocycles. The van der Waals surface area contributed by atoms with Crippen molar-refractivity contribution < 1.29 is 27.1 Å². The summed E-state index contributed by atoms with van der Waals surface area (Å²) in [6.07, 6.45) is -4.60. The molecule has 0 N–H and O–H groups in total. The van der Waals surface area contributed by atoms with E-state index >= 15 is 0 Å². The van der Waals surface area contributed by atoms with Gasteiger partial charge in [-0.15, -0.1) is 0 Å². The van der Waals surface area contributed by atoms with Gasteiger partial charge in [-0.05, 0) is 36.4 Å². The lowest BCUT2D eigenvalue weighted by atomic mass is 10.1. The molecule has 2 rings (SSSR count). The van der Waals surface area contributed by atoms with E-state index in [4.69, 9.17) is 4.74 Å². The van der Waals surface area contributed by atoms with E-state index in [-0.39, 0.29) is 17.8 Å². The summed E-state index contributed by atoms with van der Waals surface area (Å²) >= 11 is 3.11. The molecular weight excluding hydrogens is 356 g/mol. The number of benzene rings is 2. The third-order valence-corrected chi connectivity index (χ3v) is 3.07. The fourth-order valence-electron chi connectivity index (χ4n) is 1.63. The first-order chi connectivity index (χ1) is 9.81. The Labute approximate surface area is 125 Å². The molecule has 0 aliphatic rings. The van der Waals surface area contributed by atoms with E-state index in [1.807, 2.05) is 0 Å². The molecule has 2 aromatic carbocycles. The fraction of sp³-hybridized carbons (Fsp3) is 0.0714. The second kappa shape index (κ2) is 5.85. The highest BCUT2D eigenvalue weighted by molar-refractivity contribution is 9.10. The van der Waals surface area contributed by atoms with Gasteiger partial charge in [0.25, 0.3) is 0 Å². The van der Waals surface area contributed by atoms with Crippen LogP contribution in [0.2, 0.25) is 0 Å². The standard InChI is InChI=1S/C14H7BrF4O2/c15-9-2-4-12(16)13(5-9)21-10-3-1-8(7-20)11(6-10)14(17,18)19/h1-7H. The van der Waals surface area contributed by atoms with Gasteiger partial charge in [0, 0.05) is 10.0 Å². The molecule has 2 aromatic rings. The van der Waals surface area contributed by atoms with Gasteiger partial charge in [0.15, 0.2) is 17.9 Å². The molecule has 7 heteroatoms. The minimum Gasteiger partial charge on any atom is -0.454 e. The normalized spacial score (nSPS) is 11.3. The first-order valence-electron chi connectivity index (χ1n) is 5.60. The quantitative estimate of drug-likeness (QED) is 0.553. The van der Waals surface area contributed by atoms with E-state index in [9.17, 15) is 22.4 Å². The molecule has 0 unspecified atom stereocenters. The van der Waals surface area contributed by atoms with Crippen molar-refractivity contribution in [3.8, 4) is 11.5 Å². The molecule has 110 valence electrons. The smallest absolute Gasteiger partial charge is 0.417 e. The van der Waals surface area contributed by atoms with Crippen molar-refractivity contribution in [1.29, 1.82) is 0 Å². The van der Waals surface area contributed by atoms with Gasteiger partial charge in [-0.25, -0.2) is 4.39 Å². The van der Waals surface area contributed by atoms with E-state index in [1.54, 1.807) is 0 Å². The average Bonchev–Trinajstić information content (AvgIpc) is 2.42. The zero-order valence-electron chi connectivity index (χ0n) is 10.2. The van der Waals surface area contributed by atoms with Gasteiger partial charge < -0.3 is 4.74 Å². The number of ether oxygens (including phenoxy) is 1. The molecule has 0 bridgehead atoms. The molecule has 0 aliphatic carbocycles. The molecule has 0 spiro atoms. The number of rotatable bonds is 3. The van der Waals surface area contributed by atoms with Crippen LogP contribution in [0.3, 0.4) is 0 Å². The van der Waals surface area contributed by atoms with Gasteiger partial charge in [0.05, 0.1) is 5.56 Å². The molecule has 2 nitrogen and oxygen atoms in total. The first kappa shape index (κ1) is 15.5. The summed E-state index contributed by atoms with van der Waals surface area (Å²) in [7, 11) is 0. The van der Waals surface area contributed by atoms with Gasteiger partial charge in [0.2, 0.25) is 0 Å². The first-order valence-corrected chi connectivity index (χ1v) is 6.40. The lowest BCUT2D eigenvalue weighted by molar-refractivity contribution is -0.137. The Balaban J connectivity index is 2.42. The Kier molecular flexibility index (Phi) is 4.32. The van der Waals surface area contributed by atoms with E-state index in [0.29, 0.717) is 10.5 Å². The van der Waals surface area contributed by atoms with Gasteiger partial charge >= 0.3 is 6.18 Å². The fourth-order valence-corrected chi connectivity index (χ4v) is 1.97. The molecule has 0 atom stereocenters. The topological polar surface area (TPSA) is 26.3 Å². The van der Waals surface area contributed by atoms with Gasteiger partial charge in [-0.2, -0.15) is 13.2 Å². The lowest BCUT2D eigenvalue weighted by Gasteiger charge is -2.12. The Bertz CT molecular complexity index is 683. The van der Waals surface area contributed by atoms with Crippen LogP contribution < -0.4 is 4.74 Å². The molecular formula is C14H7BrF4O2. The molecule has 0 saturated heterocycles. The summed E-state index contributed by atoms with van der Waals surface area (Å²) in [5, 5.41) is 0. The molecule has 0 aliphatic heterocycles. The maximum absolute atomic E-state index is 13.5. The molecule has 0 saturated carbocycles. The number of carbonyl (C=O) groups is 1.